The fourth-order valence-electron chi connectivity index (χ4n) is 3.39. The Morgan fingerprint density at radius 2 is 1.44 bits per heavy atom. The van der Waals surface area contributed by atoms with Gasteiger partial charge in [0.25, 0.3) is 11.8 Å². The number of hydrogen-bond acceptors (Lipinski definition) is 2. The molecule has 0 bridgehead atoms. The first-order valence-corrected chi connectivity index (χ1v) is 9.08. The Bertz CT molecular complexity index is 965. The van der Waals surface area contributed by atoms with Gasteiger partial charge in [-0.05, 0) is 60.9 Å². The lowest BCUT2D eigenvalue weighted by Gasteiger charge is -2.29. The van der Waals surface area contributed by atoms with E-state index in [1.807, 2.05) is 53.4 Å². The number of rotatable bonds is 3. The number of para-hydroxylation sites is 2. The van der Waals surface area contributed by atoms with Crippen LogP contribution in [0.5, 0.6) is 0 Å². The Kier molecular flexibility index (Phi) is 4.71. The second-order valence-corrected chi connectivity index (χ2v) is 6.59. The van der Waals surface area contributed by atoms with Gasteiger partial charge in [0.15, 0.2) is 0 Å². The maximum atomic E-state index is 13.0. The SMILES string of the molecule is O=C(Nc1ccccc1)c1ccc(C(=O)N2CCCc3ccccc32)cc1. The molecular weight excluding hydrogens is 336 g/mol. The van der Waals surface area contributed by atoms with Gasteiger partial charge >= 0.3 is 0 Å². The summed E-state index contributed by atoms with van der Waals surface area (Å²) in [5.41, 5.74) is 4.04. The molecule has 27 heavy (non-hydrogen) atoms. The van der Waals surface area contributed by atoms with Crippen LogP contribution in [0.15, 0.2) is 78.9 Å². The van der Waals surface area contributed by atoms with Crippen molar-refractivity contribution in [3.63, 3.8) is 0 Å². The Labute approximate surface area is 158 Å². The Morgan fingerprint density at radius 3 is 2.22 bits per heavy atom. The van der Waals surface area contributed by atoms with Crippen molar-refractivity contribution in [1.82, 2.24) is 0 Å². The molecular formula is C23H20N2O2. The van der Waals surface area contributed by atoms with Crippen molar-refractivity contribution in [3.8, 4) is 0 Å². The number of hydrogen-bond donors (Lipinski definition) is 1. The number of carbonyl (C=O) groups excluding carboxylic acids is 2. The van der Waals surface area contributed by atoms with E-state index in [2.05, 4.69) is 11.4 Å². The average Bonchev–Trinajstić information content (AvgIpc) is 2.73. The molecule has 3 aromatic rings. The lowest BCUT2D eigenvalue weighted by atomic mass is 10.0. The standard InChI is InChI=1S/C23H20N2O2/c26-22(24-20-9-2-1-3-10-20)18-12-14-19(15-13-18)23(27)25-16-6-8-17-7-4-5-11-21(17)25/h1-5,7,9-15H,6,8,16H2,(H,24,26). The number of nitrogens with zero attached hydrogens (tertiary/aromatic N) is 1. The second kappa shape index (κ2) is 7.46. The summed E-state index contributed by atoms with van der Waals surface area (Å²) in [5.74, 6) is -0.222. The molecule has 1 aliphatic rings. The summed E-state index contributed by atoms with van der Waals surface area (Å²) >= 11 is 0. The first kappa shape index (κ1) is 17.0. The van der Waals surface area contributed by atoms with E-state index in [1.54, 1.807) is 24.3 Å². The molecule has 2 amide bonds. The Balaban J connectivity index is 1.51. The van der Waals surface area contributed by atoms with E-state index in [1.165, 1.54) is 5.56 Å². The fourth-order valence-corrected chi connectivity index (χ4v) is 3.39. The van der Waals surface area contributed by atoms with Crippen LogP contribution in [-0.4, -0.2) is 18.4 Å². The van der Waals surface area contributed by atoms with Crippen LogP contribution in [0.3, 0.4) is 0 Å². The molecule has 1 heterocycles. The minimum atomic E-state index is -0.191. The maximum absolute atomic E-state index is 13.0. The predicted octanol–water partition coefficient (Wildman–Crippen LogP) is 4.53. The highest BCUT2D eigenvalue weighted by Crippen LogP contribution is 2.28. The molecule has 0 spiro atoms. The first-order chi connectivity index (χ1) is 13.2. The van der Waals surface area contributed by atoms with E-state index in [0.717, 1.165) is 24.2 Å². The van der Waals surface area contributed by atoms with Gasteiger partial charge in [0.2, 0.25) is 0 Å². The van der Waals surface area contributed by atoms with Crippen LogP contribution < -0.4 is 10.2 Å². The average molecular weight is 356 g/mol. The van der Waals surface area contributed by atoms with Crippen LogP contribution in [0.25, 0.3) is 0 Å². The smallest absolute Gasteiger partial charge is 0.258 e. The van der Waals surface area contributed by atoms with Crippen molar-refractivity contribution in [2.75, 3.05) is 16.8 Å². The highest BCUT2D eigenvalue weighted by Gasteiger charge is 2.23. The fraction of sp³-hybridized carbons (Fsp3) is 0.130. The van der Waals surface area contributed by atoms with Gasteiger partial charge in [-0.3, -0.25) is 9.59 Å². The summed E-state index contributed by atoms with van der Waals surface area (Å²) < 4.78 is 0. The topological polar surface area (TPSA) is 49.4 Å². The van der Waals surface area contributed by atoms with Crippen LogP contribution in [-0.2, 0) is 6.42 Å². The number of benzene rings is 3. The minimum Gasteiger partial charge on any atom is -0.322 e. The third-order valence-corrected chi connectivity index (χ3v) is 4.78. The van der Waals surface area contributed by atoms with Crippen molar-refractivity contribution in [2.24, 2.45) is 0 Å². The van der Waals surface area contributed by atoms with Gasteiger partial charge in [0.05, 0.1) is 0 Å². The molecule has 4 rings (SSSR count). The summed E-state index contributed by atoms with van der Waals surface area (Å²) in [6.45, 7) is 0.714. The molecule has 3 aromatic carbocycles. The van der Waals surface area contributed by atoms with Crippen molar-refractivity contribution in [2.45, 2.75) is 12.8 Å². The van der Waals surface area contributed by atoms with Gasteiger partial charge in [0.1, 0.15) is 0 Å². The first-order valence-electron chi connectivity index (χ1n) is 9.08. The summed E-state index contributed by atoms with van der Waals surface area (Å²) in [7, 11) is 0. The summed E-state index contributed by atoms with van der Waals surface area (Å²) in [5, 5.41) is 2.85. The van der Waals surface area contributed by atoms with Crippen LogP contribution in [0.4, 0.5) is 11.4 Å². The second-order valence-electron chi connectivity index (χ2n) is 6.59. The molecule has 4 nitrogen and oxygen atoms in total. The van der Waals surface area contributed by atoms with Crippen LogP contribution in [0.1, 0.15) is 32.7 Å². The zero-order valence-electron chi connectivity index (χ0n) is 14.9. The third-order valence-electron chi connectivity index (χ3n) is 4.78. The van der Waals surface area contributed by atoms with E-state index in [4.69, 9.17) is 0 Å². The van der Waals surface area contributed by atoms with E-state index in [9.17, 15) is 9.59 Å². The normalized spacial score (nSPS) is 13.0. The predicted molar refractivity (Wildman–Crippen MR) is 107 cm³/mol. The quantitative estimate of drug-likeness (QED) is 0.749. The van der Waals surface area contributed by atoms with Crippen LogP contribution in [0.2, 0.25) is 0 Å². The largest absolute Gasteiger partial charge is 0.322 e. The molecule has 0 saturated carbocycles. The molecule has 0 aliphatic carbocycles. The summed E-state index contributed by atoms with van der Waals surface area (Å²) in [6, 6.07) is 24.2. The molecule has 0 saturated heterocycles. The van der Waals surface area contributed by atoms with Gasteiger partial charge in [0, 0.05) is 29.0 Å². The third kappa shape index (κ3) is 3.60. The zero-order chi connectivity index (χ0) is 18.6. The summed E-state index contributed by atoms with van der Waals surface area (Å²) in [4.78, 5) is 27.1. The number of nitrogens with one attached hydrogen (secondary N) is 1. The van der Waals surface area contributed by atoms with Crippen molar-refractivity contribution in [3.05, 3.63) is 95.6 Å². The number of anilines is 2. The number of fused-ring (bicyclic) bond motifs is 1. The minimum absolute atomic E-state index is 0.0304. The highest BCUT2D eigenvalue weighted by molar-refractivity contribution is 6.08. The highest BCUT2D eigenvalue weighted by atomic mass is 16.2. The summed E-state index contributed by atoms with van der Waals surface area (Å²) in [6.07, 6.45) is 1.96. The van der Waals surface area contributed by atoms with Gasteiger partial charge in [-0.2, -0.15) is 0 Å². The lowest BCUT2D eigenvalue weighted by Crippen LogP contribution is -2.35. The number of carbonyl (C=O) groups is 2. The van der Waals surface area contributed by atoms with Gasteiger partial charge in [-0.25, -0.2) is 0 Å². The maximum Gasteiger partial charge on any atom is 0.258 e. The van der Waals surface area contributed by atoms with E-state index in [0.29, 0.717) is 17.7 Å². The van der Waals surface area contributed by atoms with Crippen molar-refractivity contribution >= 4 is 23.2 Å². The Hall–Kier alpha value is -3.40. The van der Waals surface area contributed by atoms with E-state index in [-0.39, 0.29) is 11.8 Å². The molecule has 0 atom stereocenters. The van der Waals surface area contributed by atoms with Gasteiger partial charge in [-0.1, -0.05) is 36.4 Å². The van der Waals surface area contributed by atoms with Crippen LogP contribution >= 0.6 is 0 Å². The molecule has 134 valence electrons. The molecule has 1 N–H and O–H groups in total. The zero-order valence-corrected chi connectivity index (χ0v) is 14.9. The van der Waals surface area contributed by atoms with Gasteiger partial charge < -0.3 is 10.2 Å². The lowest BCUT2D eigenvalue weighted by molar-refractivity contribution is 0.0982. The van der Waals surface area contributed by atoms with Gasteiger partial charge in [-0.15, -0.1) is 0 Å². The monoisotopic (exact) mass is 356 g/mol. The van der Waals surface area contributed by atoms with Crippen molar-refractivity contribution in [1.29, 1.82) is 0 Å². The van der Waals surface area contributed by atoms with E-state index >= 15 is 0 Å². The molecule has 4 heteroatoms. The molecule has 0 fully saturated rings. The molecule has 0 unspecified atom stereocenters. The molecule has 1 aliphatic heterocycles. The molecule has 0 aromatic heterocycles. The van der Waals surface area contributed by atoms with Crippen LogP contribution in [0, 0.1) is 0 Å². The Morgan fingerprint density at radius 1 is 0.778 bits per heavy atom. The molecule has 0 radical (unpaired) electrons. The van der Waals surface area contributed by atoms with Crippen molar-refractivity contribution < 1.29 is 9.59 Å². The van der Waals surface area contributed by atoms with E-state index < -0.39 is 0 Å². The number of aryl methyl sites for hydroxylation is 1. The number of amides is 2.